The predicted octanol–water partition coefficient (Wildman–Crippen LogP) is 5.94. The molecule has 1 atom stereocenters. The Kier molecular flexibility index (Phi) is 9.26. The Balaban J connectivity index is 0.00000420. The minimum atomic E-state index is -4.43. The van der Waals surface area contributed by atoms with Crippen LogP contribution < -0.4 is 10.6 Å². The fraction of sp³-hybridized carbons (Fsp3) is 0.222. The van der Waals surface area contributed by atoms with Gasteiger partial charge in [0.05, 0.1) is 45.3 Å². The summed E-state index contributed by atoms with van der Waals surface area (Å²) in [5, 5.41) is 10.8. The SMILES string of the molecule is CC(C(=O)NCc1ccc(Cl)c(C(=O)Nc2cccc3c2cnn3-c2ccc(C(F)(F)F)cc2)c1)N(C)C.Cl. The third-order valence-corrected chi connectivity index (χ3v) is 6.53. The number of anilines is 1. The number of hydrogen-bond donors (Lipinski definition) is 2. The smallest absolute Gasteiger partial charge is 0.351 e. The molecule has 0 fully saturated rings. The van der Waals surface area contributed by atoms with Crippen LogP contribution >= 0.6 is 24.0 Å². The first kappa shape index (κ1) is 29.9. The lowest BCUT2D eigenvalue weighted by molar-refractivity contribution is -0.137. The lowest BCUT2D eigenvalue weighted by Gasteiger charge is -2.19. The fourth-order valence-electron chi connectivity index (χ4n) is 3.77. The van der Waals surface area contributed by atoms with Crippen LogP contribution in [0, 0.1) is 0 Å². The van der Waals surface area contributed by atoms with Crippen LogP contribution in [-0.4, -0.2) is 46.6 Å². The number of amides is 2. The van der Waals surface area contributed by atoms with E-state index < -0.39 is 17.6 Å². The second-order valence-corrected chi connectivity index (χ2v) is 9.37. The lowest BCUT2D eigenvalue weighted by atomic mass is 10.1. The van der Waals surface area contributed by atoms with Crippen molar-refractivity contribution < 1.29 is 22.8 Å². The molecule has 0 saturated carbocycles. The normalized spacial score (nSPS) is 12.2. The number of nitrogens with one attached hydrogen (secondary N) is 2. The molecule has 1 unspecified atom stereocenters. The van der Waals surface area contributed by atoms with E-state index in [0.717, 1.165) is 12.1 Å². The van der Waals surface area contributed by atoms with Crippen molar-refractivity contribution in [1.82, 2.24) is 20.0 Å². The highest BCUT2D eigenvalue weighted by atomic mass is 35.5. The Morgan fingerprint density at radius 3 is 2.41 bits per heavy atom. The summed E-state index contributed by atoms with van der Waals surface area (Å²) in [5.41, 5.74) is 1.67. The maximum atomic E-state index is 13.2. The maximum absolute atomic E-state index is 13.2. The molecule has 3 aromatic carbocycles. The van der Waals surface area contributed by atoms with Crippen molar-refractivity contribution in [3.63, 3.8) is 0 Å². The van der Waals surface area contributed by atoms with E-state index in [1.807, 2.05) is 14.1 Å². The fourth-order valence-corrected chi connectivity index (χ4v) is 3.98. The second-order valence-electron chi connectivity index (χ2n) is 8.97. The zero-order valence-electron chi connectivity index (χ0n) is 21.2. The minimum absolute atomic E-state index is 0. The van der Waals surface area contributed by atoms with Crippen molar-refractivity contribution in [2.75, 3.05) is 19.4 Å². The Morgan fingerprint density at radius 1 is 1.08 bits per heavy atom. The Hall–Kier alpha value is -3.60. The van der Waals surface area contributed by atoms with Gasteiger partial charge < -0.3 is 10.6 Å². The zero-order chi connectivity index (χ0) is 27.6. The monoisotopic (exact) mass is 579 g/mol. The number of hydrogen-bond acceptors (Lipinski definition) is 4. The van der Waals surface area contributed by atoms with Gasteiger partial charge in [-0.05, 0) is 75.1 Å². The summed E-state index contributed by atoms with van der Waals surface area (Å²) in [6, 6.07) is 14.4. The van der Waals surface area contributed by atoms with Crippen LogP contribution in [0.2, 0.25) is 5.02 Å². The molecule has 4 rings (SSSR count). The molecule has 206 valence electrons. The van der Waals surface area contributed by atoms with Gasteiger partial charge in [-0.1, -0.05) is 23.7 Å². The van der Waals surface area contributed by atoms with E-state index in [2.05, 4.69) is 15.7 Å². The molecule has 2 N–H and O–H groups in total. The van der Waals surface area contributed by atoms with E-state index >= 15 is 0 Å². The van der Waals surface area contributed by atoms with Gasteiger partial charge in [0.15, 0.2) is 0 Å². The number of nitrogens with zero attached hydrogens (tertiary/aromatic N) is 3. The largest absolute Gasteiger partial charge is 0.416 e. The molecule has 0 aliphatic carbocycles. The Morgan fingerprint density at radius 2 is 1.77 bits per heavy atom. The lowest BCUT2D eigenvalue weighted by Crippen LogP contribution is -2.41. The van der Waals surface area contributed by atoms with Crippen LogP contribution in [0.5, 0.6) is 0 Å². The molecule has 0 saturated heterocycles. The molecule has 4 aromatic rings. The van der Waals surface area contributed by atoms with Crippen LogP contribution in [0.1, 0.15) is 28.4 Å². The molecule has 0 radical (unpaired) electrons. The van der Waals surface area contributed by atoms with Gasteiger partial charge in [0.1, 0.15) is 0 Å². The molecular weight excluding hydrogens is 554 g/mol. The number of carbonyl (C=O) groups is 2. The predicted molar refractivity (Wildman–Crippen MR) is 148 cm³/mol. The number of carbonyl (C=O) groups excluding carboxylic acids is 2. The van der Waals surface area contributed by atoms with Gasteiger partial charge in [0, 0.05) is 11.9 Å². The summed E-state index contributed by atoms with van der Waals surface area (Å²) in [6.07, 6.45) is -2.90. The van der Waals surface area contributed by atoms with Gasteiger partial charge in [-0.15, -0.1) is 12.4 Å². The van der Waals surface area contributed by atoms with Crippen LogP contribution in [0.4, 0.5) is 18.9 Å². The number of aromatic nitrogens is 2. The highest BCUT2D eigenvalue weighted by Crippen LogP contribution is 2.31. The summed E-state index contributed by atoms with van der Waals surface area (Å²) in [7, 11) is 3.62. The van der Waals surface area contributed by atoms with E-state index in [1.54, 1.807) is 48.2 Å². The molecule has 0 spiro atoms. The van der Waals surface area contributed by atoms with Crippen molar-refractivity contribution >= 4 is 52.4 Å². The Bertz CT molecular complexity index is 1490. The third kappa shape index (κ3) is 6.70. The van der Waals surface area contributed by atoms with Gasteiger partial charge in [0.25, 0.3) is 5.91 Å². The van der Waals surface area contributed by atoms with Gasteiger partial charge in [-0.2, -0.15) is 18.3 Å². The minimum Gasteiger partial charge on any atom is -0.351 e. The van der Waals surface area contributed by atoms with E-state index in [-0.39, 0.29) is 41.5 Å². The maximum Gasteiger partial charge on any atom is 0.416 e. The first-order chi connectivity index (χ1) is 18.0. The van der Waals surface area contributed by atoms with E-state index in [9.17, 15) is 22.8 Å². The Labute approximate surface area is 234 Å². The van der Waals surface area contributed by atoms with Crippen LogP contribution in [0.15, 0.2) is 66.9 Å². The molecule has 0 aliphatic heterocycles. The summed E-state index contributed by atoms with van der Waals surface area (Å²) in [5.74, 6) is -0.604. The van der Waals surface area contributed by atoms with Crippen molar-refractivity contribution in [2.45, 2.75) is 25.7 Å². The molecule has 39 heavy (non-hydrogen) atoms. The third-order valence-electron chi connectivity index (χ3n) is 6.20. The second kappa shape index (κ2) is 12.1. The van der Waals surface area contributed by atoms with Gasteiger partial charge in [0.2, 0.25) is 5.91 Å². The summed E-state index contributed by atoms with van der Waals surface area (Å²) in [6.45, 7) is 2.01. The molecule has 1 aromatic heterocycles. The van der Waals surface area contributed by atoms with Gasteiger partial charge in [-0.25, -0.2) is 4.68 Å². The first-order valence-electron chi connectivity index (χ1n) is 11.6. The molecule has 12 heteroatoms. The van der Waals surface area contributed by atoms with Gasteiger partial charge in [-0.3, -0.25) is 14.5 Å². The van der Waals surface area contributed by atoms with Crippen molar-refractivity contribution in [2.24, 2.45) is 0 Å². The zero-order valence-corrected chi connectivity index (χ0v) is 22.8. The van der Waals surface area contributed by atoms with Crippen LogP contribution in [0.3, 0.4) is 0 Å². The number of alkyl halides is 3. The average molecular weight is 580 g/mol. The standard InChI is InChI=1S/C27H25ClF3N5O2.ClH/c1-16(35(2)3)25(37)32-14-17-7-12-22(28)20(13-17)26(38)34-23-5-4-6-24-21(23)15-33-36(24)19-10-8-18(9-11-19)27(29,30)31;/h4-13,15-16H,14H2,1-3H3,(H,32,37)(H,34,38);1H. The summed E-state index contributed by atoms with van der Waals surface area (Å²) in [4.78, 5) is 27.2. The topological polar surface area (TPSA) is 79.3 Å². The molecular formula is C27H26Cl2F3N5O2. The number of halogens is 5. The molecule has 7 nitrogen and oxygen atoms in total. The van der Waals surface area contributed by atoms with Crippen LogP contribution in [-0.2, 0) is 17.5 Å². The van der Waals surface area contributed by atoms with Crippen molar-refractivity contribution in [3.05, 3.63) is 88.6 Å². The summed E-state index contributed by atoms with van der Waals surface area (Å²) >= 11 is 6.31. The molecule has 0 aliphatic rings. The molecule has 1 heterocycles. The number of likely N-dealkylation sites (N-methyl/N-ethyl adjacent to an activating group) is 1. The van der Waals surface area contributed by atoms with E-state index in [1.165, 1.54) is 23.0 Å². The highest BCUT2D eigenvalue weighted by molar-refractivity contribution is 6.34. The number of rotatable bonds is 7. The summed E-state index contributed by atoms with van der Waals surface area (Å²) < 4.78 is 40.3. The molecule has 0 bridgehead atoms. The van der Waals surface area contributed by atoms with Crippen molar-refractivity contribution in [1.29, 1.82) is 0 Å². The average Bonchev–Trinajstić information content (AvgIpc) is 3.32. The number of fused-ring (bicyclic) bond motifs is 1. The quantitative estimate of drug-likeness (QED) is 0.284. The molecule has 2 amide bonds. The van der Waals surface area contributed by atoms with Crippen molar-refractivity contribution in [3.8, 4) is 5.69 Å². The van der Waals surface area contributed by atoms with E-state index in [4.69, 9.17) is 11.6 Å². The first-order valence-corrected chi connectivity index (χ1v) is 12.0. The number of benzene rings is 3. The van der Waals surface area contributed by atoms with E-state index in [0.29, 0.717) is 27.8 Å². The highest BCUT2D eigenvalue weighted by Gasteiger charge is 2.30. The van der Waals surface area contributed by atoms with Crippen LogP contribution in [0.25, 0.3) is 16.6 Å². The van der Waals surface area contributed by atoms with Gasteiger partial charge >= 0.3 is 6.18 Å².